The van der Waals surface area contributed by atoms with Crippen LogP contribution in [0.25, 0.3) is 0 Å². The molecule has 0 fully saturated rings. The van der Waals surface area contributed by atoms with Gasteiger partial charge in [0, 0.05) is 5.56 Å². The first kappa shape index (κ1) is 19.1. The number of rotatable bonds is 7. The van der Waals surface area contributed by atoms with Gasteiger partial charge in [-0.25, -0.2) is 9.97 Å². The first-order valence-corrected chi connectivity index (χ1v) is 7.84. The number of nitrogens with zero attached hydrogens (tertiary/aromatic N) is 2. The highest BCUT2D eigenvalue weighted by atomic mass is 19.1. The van der Waals surface area contributed by atoms with Crippen molar-refractivity contribution in [1.82, 2.24) is 9.97 Å². The SMILES string of the molecule is COc1ccc(C(=O)Nc2cnc(F)c([C@H](C)CCOC(=N)N)c2)nc1. The lowest BCUT2D eigenvalue weighted by molar-refractivity contribution is 0.102. The molecule has 0 aromatic carbocycles. The van der Waals surface area contributed by atoms with Crippen LogP contribution in [0, 0.1) is 11.4 Å². The summed E-state index contributed by atoms with van der Waals surface area (Å²) in [6.45, 7) is 1.97. The maximum atomic E-state index is 14.0. The van der Waals surface area contributed by atoms with Crippen molar-refractivity contribution in [2.24, 2.45) is 5.73 Å². The largest absolute Gasteiger partial charge is 0.495 e. The summed E-state index contributed by atoms with van der Waals surface area (Å²) in [5, 5.41) is 9.65. The summed E-state index contributed by atoms with van der Waals surface area (Å²) in [7, 11) is 1.51. The van der Waals surface area contributed by atoms with Crippen molar-refractivity contribution in [3.8, 4) is 5.75 Å². The molecule has 0 unspecified atom stereocenters. The van der Waals surface area contributed by atoms with Crippen LogP contribution in [0.15, 0.2) is 30.6 Å². The van der Waals surface area contributed by atoms with Crippen LogP contribution in [0.2, 0.25) is 0 Å². The number of nitrogens with two attached hydrogens (primary N) is 1. The standard InChI is InChI=1S/C17H20FN5O3/c1-10(5-6-26-17(19)20)13-7-11(8-22-15(13)18)23-16(24)14-4-3-12(25-2)9-21-14/h3-4,7-10H,5-6H2,1-2H3,(H3,19,20)(H,23,24)/t10-/m1/s1. The average Bonchev–Trinajstić information content (AvgIpc) is 2.62. The number of hydrogen-bond donors (Lipinski definition) is 3. The number of halogens is 1. The van der Waals surface area contributed by atoms with E-state index < -0.39 is 11.9 Å². The van der Waals surface area contributed by atoms with Gasteiger partial charge in [-0.15, -0.1) is 0 Å². The third-order valence-corrected chi connectivity index (χ3v) is 3.67. The van der Waals surface area contributed by atoms with Gasteiger partial charge in [0.05, 0.1) is 31.8 Å². The monoisotopic (exact) mass is 361 g/mol. The molecule has 0 aliphatic heterocycles. The van der Waals surface area contributed by atoms with E-state index in [2.05, 4.69) is 15.3 Å². The van der Waals surface area contributed by atoms with E-state index in [-0.39, 0.29) is 24.2 Å². The molecule has 8 nitrogen and oxygen atoms in total. The molecule has 4 N–H and O–H groups in total. The van der Waals surface area contributed by atoms with Gasteiger partial charge in [0.2, 0.25) is 5.95 Å². The maximum absolute atomic E-state index is 14.0. The zero-order valence-electron chi connectivity index (χ0n) is 14.5. The van der Waals surface area contributed by atoms with Crippen molar-refractivity contribution in [2.75, 3.05) is 19.0 Å². The molecule has 0 saturated heterocycles. The Morgan fingerprint density at radius 2 is 2.15 bits per heavy atom. The van der Waals surface area contributed by atoms with Crippen molar-refractivity contribution in [1.29, 1.82) is 5.41 Å². The highest BCUT2D eigenvalue weighted by molar-refractivity contribution is 6.02. The van der Waals surface area contributed by atoms with E-state index in [1.807, 2.05) is 0 Å². The van der Waals surface area contributed by atoms with Gasteiger partial charge in [-0.3, -0.25) is 10.2 Å². The molecule has 1 atom stereocenters. The Hall–Kier alpha value is -3.23. The van der Waals surface area contributed by atoms with Crippen LogP contribution in [0.5, 0.6) is 5.75 Å². The number of nitrogens with one attached hydrogen (secondary N) is 2. The summed E-state index contributed by atoms with van der Waals surface area (Å²) in [5.74, 6) is -0.771. The first-order valence-electron chi connectivity index (χ1n) is 7.84. The van der Waals surface area contributed by atoms with Crippen LogP contribution in [0.1, 0.15) is 35.3 Å². The first-order chi connectivity index (χ1) is 12.4. The number of methoxy groups -OCH3 is 1. The Balaban J connectivity index is 2.07. The second-order valence-corrected chi connectivity index (χ2v) is 5.54. The third-order valence-electron chi connectivity index (χ3n) is 3.67. The molecule has 0 bridgehead atoms. The number of ether oxygens (including phenoxy) is 2. The zero-order valence-corrected chi connectivity index (χ0v) is 14.5. The summed E-state index contributed by atoms with van der Waals surface area (Å²) in [4.78, 5) is 19.9. The molecule has 2 heterocycles. The molecule has 2 aromatic heterocycles. The highest BCUT2D eigenvalue weighted by Gasteiger charge is 2.15. The van der Waals surface area contributed by atoms with E-state index >= 15 is 0 Å². The molecular weight excluding hydrogens is 341 g/mol. The minimum Gasteiger partial charge on any atom is -0.495 e. The van der Waals surface area contributed by atoms with Gasteiger partial charge in [0.25, 0.3) is 11.9 Å². The molecule has 0 saturated carbocycles. The van der Waals surface area contributed by atoms with Gasteiger partial charge in [0.1, 0.15) is 11.4 Å². The Labute approximate surface area is 150 Å². The van der Waals surface area contributed by atoms with Gasteiger partial charge in [0.15, 0.2) is 0 Å². The van der Waals surface area contributed by atoms with E-state index in [0.717, 1.165) is 0 Å². The minimum atomic E-state index is -0.624. The molecule has 1 amide bonds. The fraction of sp³-hybridized carbons (Fsp3) is 0.294. The molecule has 26 heavy (non-hydrogen) atoms. The van der Waals surface area contributed by atoms with Gasteiger partial charge in [-0.05, 0) is 30.5 Å². The van der Waals surface area contributed by atoms with Gasteiger partial charge in [-0.1, -0.05) is 6.92 Å². The molecule has 138 valence electrons. The van der Waals surface area contributed by atoms with Crippen molar-refractivity contribution in [3.05, 3.63) is 47.8 Å². The topological polar surface area (TPSA) is 123 Å². The van der Waals surface area contributed by atoms with Crippen LogP contribution >= 0.6 is 0 Å². The fourth-order valence-corrected chi connectivity index (χ4v) is 2.21. The summed E-state index contributed by atoms with van der Waals surface area (Å²) in [5.41, 5.74) is 5.99. The number of anilines is 1. The summed E-state index contributed by atoms with van der Waals surface area (Å²) in [6, 6.07) is 4.27. The van der Waals surface area contributed by atoms with E-state index in [1.54, 1.807) is 13.0 Å². The lowest BCUT2D eigenvalue weighted by Gasteiger charge is -2.14. The molecule has 2 rings (SSSR count). The minimum absolute atomic E-state index is 0.183. The molecule has 0 aliphatic rings. The second-order valence-electron chi connectivity index (χ2n) is 5.54. The van der Waals surface area contributed by atoms with Gasteiger partial charge < -0.3 is 20.5 Å². The lowest BCUT2D eigenvalue weighted by Crippen LogP contribution is -2.16. The summed E-state index contributed by atoms with van der Waals surface area (Å²) < 4.78 is 23.9. The Bertz CT molecular complexity index is 782. The number of carbonyl (C=O) groups is 1. The van der Waals surface area contributed by atoms with E-state index in [9.17, 15) is 9.18 Å². The number of carbonyl (C=O) groups excluding carboxylic acids is 1. The summed E-state index contributed by atoms with van der Waals surface area (Å²) in [6.07, 6.45) is 3.11. The third kappa shape index (κ3) is 5.13. The number of pyridine rings is 2. The van der Waals surface area contributed by atoms with Gasteiger partial charge in [-0.2, -0.15) is 4.39 Å². The number of amidine groups is 1. The molecular formula is C17H20FN5O3. The quantitative estimate of drug-likeness (QED) is 0.395. The van der Waals surface area contributed by atoms with Crippen molar-refractivity contribution in [2.45, 2.75) is 19.3 Å². The van der Waals surface area contributed by atoms with E-state index in [0.29, 0.717) is 23.4 Å². The Morgan fingerprint density at radius 1 is 1.38 bits per heavy atom. The predicted octanol–water partition coefficient (Wildman–Crippen LogP) is 2.28. The van der Waals surface area contributed by atoms with Gasteiger partial charge >= 0.3 is 0 Å². The van der Waals surface area contributed by atoms with Crippen LogP contribution < -0.4 is 15.8 Å². The lowest BCUT2D eigenvalue weighted by atomic mass is 9.99. The van der Waals surface area contributed by atoms with E-state index in [4.69, 9.17) is 20.6 Å². The summed E-state index contributed by atoms with van der Waals surface area (Å²) >= 11 is 0. The molecule has 9 heteroatoms. The van der Waals surface area contributed by atoms with Crippen molar-refractivity contribution < 1.29 is 18.7 Å². The fourth-order valence-electron chi connectivity index (χ4n) is 2.21. The highest BCUT2D eigenvalue weighted by Crippen LogP contribution is 2.24. The molecule has 0 spiro atoms. The molecule has 0 aliphatic carbocycles. The van der Waals surface area contributed by atoms with Crippen molar-refractivity contribution >= 4 is 17.6 Å². The molecule has 2 aromatic rings. The number of hydrogen-bond acceptors (Lipinski definition) is 6. The predicted molar refractivity (Wildman–Crippen MR) is 93.8 cm³/mol. The number of amides is 1. The maximum Gasteiger partial charge on any atom is 0.278 e. The second kappa shape index (κ2) is 8.75. The number of aromatic nitrogens is 2. The molecule has 0 radical (unpaired) electrons. The van der Waals surface area contributed by atoms with E-state index in [1.165, 1.54) is 31.6 Å². The Morgan fingerprint density at radius 3 is 2.77 bits per heavy atom. The van der Waals surface area contributed by atoms with Crippen molar-refractivity contribution in [3.63, 3.8) is 0 Å². The normalized spacial score (nSPS) is 11.5. The van der Waals surface area contributed by atoms with Crippen LogP contribution in [-0.4, -0.2) is 35.6 Å². The van der Waals surface area contributed by atoms with Crippen LogP contribution in [-0.2, 0) is 4.74 Å². The van der Waals surface area contributed by atoms with Crippen LogP contribution in [0.4, 0.5) is 10.1 Å². The smallest absolute Gasteiger partial charge is 0.278 e. The Kier molecular flexibility index (Phi) is 6.42. The van der Waals surface area contributed by atoms with Crippen LogP contribution in [0.3, 0.4) is 0 Å². The average molecular weight is 361 g/mol. The zero-order chi connectivity index (χ0) is 19.1.